The molecule has 1 amide bonds. The minimum atomic E-state index is -0.312. The van der Waals surface area contributed by atoms with Crippen LogP contribution in [0.4, 0.5) is 5.69 Å². The molecular weight excluding hydrogens is 276 g/mol. The fourth-order valence-corrected chi connectivity index (χ4v) is 2.75. The first-order valence-corrected chi connectivity index (χ1v) is 7.57. The monoisotopic (exact) mass is 294 g/mol. The van der Waals surface area contributed by atoms with Crippen molar-refractivity contribution in [1.29, 1.82) is 0 Å². The van der Waals surface area contributed by atoms with Crippen LogP contribution >= 0.6 is 11.6 Å². The minimum Gasteiger partial charge on any atom is -0.492 e. The molecule has 1 aromatic rings. The summed E-state index contributed by atoms with van der Waals surface area (Å²) in [6, 6.07) is 3.35. The Kier molecular flexibility index (Phi) is 3.85. The molecule has 1 atom stereocenters. The molecule has 1 aliphatic heterocycles. The second-order valence-corrected chi connectivity index (χ2v) is 5.84. The van der Waals surface area contributed by atoms with Crippen molar-refractivity contribution in [2.45, 2.75) is 32.2 Å². The van der Waals surface area contributed by atoms with Crippen LogP contribution in [0.3, 0.4) is 0 Å². The molecule has 1 unspecified atom stereocenters. The normalized spacial score (nSPS) is 20.7. The van der Waals surface area contributed by atoms with Crippen molar-refractivity contribution in [3.8, 4) is 5.75 Å². The third-order valence-corrected chi connectivity index (χ3v) is 4.12. The van der Waals surface area contributed by atoms with Gasteiger partial charge in [0.05, 0.1) is 11.6 Å². The van der Waals surface area contributed by atoms with Crippen LogP contribution < -0.4 is 15.4 Å². The Morgan fingerprint density at radius 3 is 2.95 bits per heavy atom. The van der Waals surface area contributed by atoms with Gasteiger partial charge in [-0.15, -0.1) is 0 Å². The number of hydrogen-bond donors (Lipinski definition) is 2. The molecular formula is C15H19ClN2O2. The standard InChI is InChI=1S/C15H19ClN2O2/c1-2-17-14-10-7-11(16)13(8-12(10)18-15(14)19)20-6-5-9-3-4-9/h7-9,14,17H,2-6H2,1H3,(H,18,19). The summed E-state index contributed by atoms with van der Waals surface area (Å²) in [6.45, 7) is 3.39. The van der Waals surface area contributed by atoms with Crippen LogP contribution in [-0.2, 0) is 4.79 Å². The maximum atomic E-state index is 11.9. The Hall–Kier alpha value is -1.26. The summed E-state index contributed by atoms with van der Waals surface area (Å²) in [7, 11) is 0. The Bertz CT molecular complexity index is 529. The molecule has 0 radical (unpaired) electrons. The van der Waals surface area contributed by atoms with Gasteiger partial charge in [-0.3, -0.25) is 4.79 Å². The molecule has 2 aliphatic rings. The summed E-state index contributed by atoms with van der Waals surface area (Å²) in [6.07, 6.45) is 3.73. The van der Waals surface area contributed by atoms with E-state index in [1.165, 1.54) is 12.8 Å². The fourth-order valence-electron chi connectivity index (χ4n) is 2.52. The van der Waals surface area contributed by atoms with E-state index in [-0.39, 0.29) is 11.9 Å². The number of ether oxygens (including phenoxy) is 1. The molecule has 0 bridgehead atoms. The predicted molar refractivity (Wildman–Crippen MR) is 79.3 cm³/mol. The minimum absolute atomic E-state index is 0.0342. The maximum Gasteiger partial charge on any atom is 0.246 e. The summed E-state index contributed by atoms with van der Waals surface area (Å²) >= 11 is 6.26. The first-order chi connectivity index (χ1) is 9.69. The first kappa shape index (κ1) is 13.7. The number of nitrogens with one attached hydrogen (secondary N) is 2. The van der Waals surface area contributed by atoms with E-state index in [0.717, 1.165) is 30.1 Å². The van der Waals surface area contributed by atoms with Crippen LogP contribution in [0.1, 0.15) is 37.8 Å². The highest BCUT2D eigenvalue weighted by atomic mass is 35.5. The summed E-state index contributed by atoms with van der Waals surface area (Å²) in [5.41, 5.74) is 1.70. The van der Waals surface area contributed by atoms with Gasteiger partial charge in [0.25, 0.3) is 0 Å². The summed E-state index contributed by atoms with van der Waals surface area (Å²) in [5, 5.41) is 6.59. The molecule has 1 aliphatic carbocycles. The molecule has 1 aromatic carbocycles. The third-order valence-electron chi connectivity index (χ3n) is 3.82. The van der Waals surface area contributed by atoms with Gasteiger partial charge in [0, 0.05) is 17.3 Å². The van der Waals surface area contributed by atoms with E-state index in [9.17, 15) is 4.79 Å². The Morgan fingerprint density at radius 2 is 2.25 bits per heavy atom. The molecule has 1 saturated carbocycles. The number of benzene rings is 1. The van der Waals surface area contributed by atoms with Gasteiger partial charge >= 0.3 is 0 Å². The molecule has 5 heteroatoms. The van der Waals surface area contributed by atoms with Crippen molar-refractivity contribution in [1.82, 2.24) is 5.32 Å². The van der Waals surface area contributed by atoms with Crippen molar-refractivity contribution in [2.75, 3.05) is 18.5 Å². The number of anilines is 1. The maximum absolute atomic E-state index is 11.9. The second kappa shape index (κ2) is 5.62. The first-order valence-electron chi connectivity index (χ1n) is 7.19. The lowest BCUT2D eigenvalue weighted by molar-refractivity contribution is -0.117. The van der Waals surface area contributed by atoms with E-state index in [4.69, 9.17) is 16.3 Å². The van der Waals surface area contributed by atoms with Gasteiger partial charge in [-0.1, -0.05) is 31.4 Å². The zero-order valence-electron chi connectivity index (χ0n) is 11.5. The van der Waals surface area contributed by atoms with Crippen LogP contribution in [-0.4, -0.2) is 19.1 Å². The molecule has 0 aromatic heterocycles. The molecule has 3 rings (SSSR count). The van der Waals surface area contributed by atoms with Crippen molar-refractivity contribution >= 4 is 23.2 Å². The van der Waals surface area contributed by atoms with Gasteiger partial charge in [-0.25, -0.2) is 0 Å². The van der Waals surface area contributed by atoms with Gasteiger partial charge in [-0.2, -0.15) is 0 Å². The van der Waals surface area contributed by atoms with Gasteiger partial charge in [0.15, 0.2) is 0 Å². The van der Waals surface area contributed by atoms with E-state index in [1.54, 1.807) is 0 Å². The molecule has 108 valence electrons. The highest BCUT2D eigenvalue weighted by molar-refractivity contribution is 6.32. The molecule has 20 heavy (non-hydrogen) atoms. The molecule has 0 spiro atoms. The number of hydrogen-bond acceptors (Lipinski definition) is 3. The number of fused-ring (bicyclic) bond motifs is 1. The average Bonchev–Trinajstić information content (AvgIpc) is 3.18. The van der Waals surface area contributed by atoms with Gasteiger partial charge in [-0.05, 0) is 24.9 Å². The lowest BCUT2D eigenvalue weighted by Gasteiger charge is -2.12. The summed E-state index contributed by atoms with van der Waals surface area (Å²) in [4.78, 5) is 11.9. The third kappa shape index (κ3) is 2.76. The summed E-state index contributed by atoms with van der Waals surface area (Å²) < 4.78 is 5.74. The predicted octanol–water partition coefficient (Wildman–Crippen LogP) is 3.12. The van der Waals surface area contributed by atoms with Crippen LogP contribution in [0, 0.1) is 5.92 Å². The zero-order chi connectivity index (χ0) is 14.1. The van der Waals surface area contributed by atoms with E-state index < -0.39 is 0 Å². The Morgan fingerprint density at radius 1 is 1.45 bits per heavy atom. The highest BCUT2D eigenvalue weighted by Gasteiger charge is 2.31. The molecule has 4 nitrogen and oxygen atoms in total. The number of halogens is 1. The quantitative estimate of drug-likeness (QED) is 0.847. The van der Waals surface area contributed by atoms with Crippen molar-refractivity contribution in [3.05, 3.63) is 22.7 Å². The second-order valence-electron chi connectivity index (χ2n) is 5.43. The Balaban J connectivity index is 1.74. The van der Waals surface area contributed by atoms with E-state index in [1.807, 2.05) is 19.1 Å². The van der Waals surface area contributed by atoms with Gasteiger partial charge < -0.3 is 15.4 Å². The molecule has 1 heterocycles. The number of rotatable bonds is 6. The smallest absolute Gasteiger partial charge is 0.246 e. The van der Waals surface area contributed by atoms with Crippen molar-refractivity contribution in [3.63, 3.8) is 0 Å². The largest absolute Gasteiger partial charge is 0.492 e. The number of likely N-dealkylation sites (N-methyl/N-ethyl adjacent to an activating group) is 1. The van der Waals surface area contributed by atoms with Crippen molar-refractivity contribution < 1.29 is 9.53 Å². The van der Waals surface area contributed by atoms with Gasteiger partial charge in [0.2, 0.25) is 5.91 Å². The van der Waals surface area contributed by atoms with E-state index in [0.29, 0.717) is 17.4 Å². The topological polar surface area (TPSA) is 50.4 Å². The van der Waals surface area contributed by atoms with Crippen LogP contribution in [0.5, 0.6) is 5.75 Å². The lowest BCUT2D eigenvalue weighted by Crippen LogP contribution is -2.27. The average molecular weight is 295 g/mol. The summed E-state index contributed by atoms with van der Waals surface area (Å²) in [5.74, 6) is 1.46. The molecule has 0 saturated heterocycles. The van der Waals surface area contributed by atoms with Crippen molar-refractivity contribution in [2.24, 2.45) is 5.92 Å². The zero-order valence-corrected chi connectivity index (χ0v) is 12.3. The van der Waals surface area contributed by atoms with Crippen LogP contribution in [0.25, 0.3) is 0 Å². The number of carbonyl (C=O) groups excluding carboxylic acids is 1. The SMILES string of the molecule is CCNC1C(=O)Nc2cc(OCCC3CC3)c(Cl)cc21. The van der Waals surface area contributed by atoms with Gasteiger partial charge in [0.1, 0.15) is 11.8 Å². The highest BCUT2D eigenvalue weighted by Crippen LogP contribution is 2.39. The fraction of sp³-hybridized carbons (Fsp3) is 0.533. The molecule has 1 fully saturated rings. The van der Waals surface area contributed by atoms with E-state index in [2.05, 4.69) is 10.6 Å². The van der Waals surface area contributed by atoms with Crippen LogP contribution in [0.2, 0.25) is 5.02 Å². The Labute approximate surface area is 123 Å². The number of amides is 1. The van der Waals surface area contributed by atoms with E-state index >= 15 is 0 Å². The van der Waals surface area contributed by atoms with Crippen LogP contribution in [0.15, 0.2) is 12.1 Å². The lowest BCUT2D eigenvalue weighted by atomic mass is 10.1. The number of carbonyl (C=O) groups is 1. The molecule has 2 N–H and O–H groups in total.